The molecule has 2 heterocycles. The second kappa shape index (κ2) is 4.39. The Hall–Kier alpha value is -1.44. The van der Waals surface area contributed by atoms with Crippen LogP contribution >= 0.6 is 22.7 Å². The summed E-state index contributed by atoms with van der Waals surface area (Å²) in [6, 6.07) is 6.15. The Kier molecular flexibility index (Phi) is 2.95. The van der Waals surface area contributed by atoms with Crippen LogP contribution in [0, 0.1) is 18.3 Å². The van der Waals surface area contributed by atoms with Gasteiger partial charge in [0.2, 0.25) is 0 Å². The summed E-state index contributed by atoms with van der Waals surface area (Å²) in [6.45, 7) is 1.93. The van der Waals surface area contributed by atoms with Gasteiger partial charge < -0.3 is 0 Å². The summed E-state index contributed by atoms with van der Waals surface area (Å²) in [7, 11) is 0. The molecule has 2 nitrogen and oxygen atoms in total. The molecule has 0 radical (unpaired) electrons. The van der Waals surface area contributed by atoms with E-state index in [0.29, 0.717) is 5.57 Å². The minimum absolute atomic E-state index is 0.635. The molecule has 2 aromatic heterocycles. The standard InChI is InChI=1S/C11H8N2S2/c1-8-7-15-11(13-8)9(6-12)5-10-3-2-4-14-10/h2-5,7H,1H3/b9-5-. The first-order valence-corrected chi connectivity index (χ1v) is 6.13. The van der Waals surface area contributed by atoms with Gasteiger partial charge in [-0.3, -0.25) is 0 Å². The van der Waals surface area contributed by atoms with Crippen molar-refractivity contribution in [3.8, 4) is 6.07 Å². The number of hydrogen-bond donors (Lipinski definition) is 0. The molecular formula is C11H8N2S2. The van der Waals surface area contributed by atoms with Gasteiger partial charge in [0.1, 0.15) is 11.1 Å². The van der Waals surface area contributed by atoms with Gasteiger partial charge in [-0.05, 0) is 24.4 Å². The number of rotatable bonds is 2. The van der Waals surface area contributed by atoms with Crippen LogP contribution < -0.4 is 0 Å². The highest BCUT2D eigenvalue weighted by molar-refractivity contribution is 7.11. The van der Waals surface area contributed by atoms with E-state index in [2.05, 4.69) is 11.1 Å². The number of aromatic nitrogens is 1. The molecule has 0 fully saturated rings. The van der Waals surface area contributed by atoms with E-state index < -0.39 is 0 Å². The second-order valence-corrected chi connectivity index (χ2v) is 4.82. The average molecular weight is 232 g/mol. The summed E-state index contributed by atoms with van der Waals surface area (Å²) in [5.74, 6) is 0. The van der Waals surface area contributed by atoms with Crippen molar-refractivity contribution < 1.29 is 0 Å². The third-order valence-corrected chi connectivity index (χ3v) is 3.61. The van der Waals surface area contributed by atoms with Crippen LogP contribution in [0.15, 0.2) is 22.9 Å². The number of thiophene rings is 1. The molecule has 0 amide bonds. The third kappa shape index (κ3) is 2.32. The fourth-order valence-corrected chi connectivity index (χ4v) is 2.56. The zero-order valence-corrected chi connectivity index (χ0v) is 9.73. The van der Waals surface area contributed by atoms with Crippen LogP contribution in [0.2, 0.25) is 0 Å². The van der Waals surface area contributed by atoms with Crippen LogP contribution in [0.1, 0.15) is 15.6 Å². The smallest absolute Gasteiger partial charge is 0.134 e. The predicted octanol–water partition coefficient (Wildman–Crippen LogP) is 3.58. The molecule has 0 spiro atoms. The van der Waals surface area contributed by atoms with E-state index in [1.165, 1.54) is 11.3 Å². The number of allylic oxidation sites excluding steroid dienone is 1. The lowest BCUT2D eigenvalue weighted by molar-refractivity contribution is 1.25. The largest absolute Gasteiger partial charge is 0.241 e. The van der Waals surface area contributed by atoms with Crippen LogP contribution in [0.25, 0.3) is 11.6 Å². The summed E-state index contributed by atoms with van der Waals surface area (Å²) in [4.78, 5) is 5.38. The Morgan fingerprint density at radius 2 is 2.40 bits per heavy atom. The lowest BCUT2D eigenvalue weighted by Crippen LogP contribution is -1.79. The highest BCUT2D eigenvalue weighted by Gasteiger charge is 2.05. The normalized spacial score (nSPS) is 11.3. The van der Waals surface area contributed by atoms with Crippen molar-refractivity contribution >= 4 is 34.3 Å². The molecule has 0 N–H and O–H groups in total. The van der Waals surface area contributed by atoms with E-state index in [1.54, 1.807) is 11.3 Å². The van der Waals surface area contributed by atoms with Crippen molar-refractivity contribution in [3.63, 3.8) is 0 Å². The SMILES string of the molecule is Cc1csc(/C(C#N)=C\c2cccs2)n1. The van der Waals surface area contributed by atoms with Crippen molar-refractivity contribution in [2.75, 3.05) is 0 Å². The van der Waals surface area contributed by atoms with Gasteiger partial charge in [-0.1, -0.05) is 6.07 Å². The van der Waals surface area contributed by atoms with Gasteiger partial charge >= 0.3 is 0 Å². The molecule has 2 aromatic rings. The monoisotopic (exact) mass is 232 g/mol. The molecule has 0 aliphatic rings. The lowest BCUT2D eigenvalue weighted by atomic mass is 10.2. The molecular weight excluding hydrogens is 224 g/mol. The first-order valence-electron chi connectivity index (χ1n) is 4.37. The number of hydrogen-bond acceptors (Lipinski definition) is 4. The maximum atomic E-state index is 9.04. The molecule has 4 heteroatoms. The quantitative estimate of drug-likeness (QED) is 0.742. The summed E-state index contributed by atoms with van der Waals surface area (Å²) in [5.41, 5.74) is 1.60. The molecule has 0 aromatic carbocycles. The van der Waals surface area contributed by atoms with Crippen molar-refractivity contribution in [2.24, 2.45) is 0 Å². The van der Waals surface area contributed by atoms with Crippen molar-refractivity contribution in [1.29, 1.82) is 5.26 Å². The van der Waals surface area contributed by atoms with E-state index in [0.717, 1.165) is 15.6 Å². The van der Waals surface area contributed by atoms with Gasteiger partial charge in [0, 0.05) is 16.0 Å². The number of thiazole rings is 1. The number of aryl methyl sites for hydroxylation is 1. The molecule has 0 aliphatic carbocycles. The van der Waals surface area contributed by atoms with Gasteiger partial charge in [-0.25, -0.2) is 4.98 Å². The first kappa shape index (κ1) is 10.1. The number of nitrogens with zero attached hydrogens (tertiary/aromatic N) is 2. The van der Waals surface area contributed by atoms with Gasteiger partial charge in [0.15, 0.2) is 0 Å². The zero-order valence-electron chi connectivity index (χ0n) is 8.10. The van der Waals surface area contributed by atoms with E-state index in [4.69, 9.17) is 5.26 Å². The minimum atomic E-state index is 0.635. The first-order chi connectivity index (χ1) is 7.29. The summed E-state index contributed by atoms with van der Waals surface area (Å²) in [5, 5.41) is 13.8. The predicted molar refractivity (Wildman–Crippen MR) is 64.7 cm³/mol. The van der Waals surface area contributed by atoms with E-state index in [9.17, 15) is 0 Å². The van der Waals surface area contributed by atoms with Crippen LogP contribution in [0.4, 0.5) is 0 Å². The topological polar surface area (TPSA) is 36.7 Å². The highest BCUT2D eigenvalue weighted by Crippen LogP contribution is 2.22. The lowest BCUT2D eigenvalue weighted by Gasteiger charge is -1.90. The fraction of sp³-hybridized carbons (Fsp3) is 0.0909. The Labute approximate surface area is 96.2 Å². The Balaban J connectivity index is 2.37. The fourth-order valence-electron chi connectivity index (χ4n) is 1.14. The van der Waals surface area contributed by atoms with E-state index >= 15 is 0 Å². The van der Waals surface area contributed by atoms with Crippen molar-refractivity contribution in [3.05, 3.63) is 38.5 Å². The molecule has 15 heavy (non-hydrogen) atoms. The summed E-state index contributed by atoms with van der Waals surface area (Å²) in [6.07, 6.45) is 1.88. The highest BCUT2D eigenvalue weighted by atomic mass is 32.1. The van der Waals surface area contributed by atoms with Crippen molar-refractivity contribution in [1.82, 2.24) is 4.98 Å². The Morgan fingerprint density at radius 1 is 1.53 bits per heavy atom. The summed E-state index contributed by atoms with van der Waals surface area (Å²) >= 11 is 3.12. The molecule has 0 saturated carbocycles. The molecule has 0 atom stereocenters. The van der Waals surface area contributed by atoms with Crippen LogP contribution in [-0.2, 0) is 0 Å². The number of nitriles is 1. The van der Waals surface area contributed by atoms with Gasteiger partial charge in [0.05, 0.1) is 5.57 Å². The molecule has 2 rings (SSSR count). The van der Waals surface area contributed by atoms with Crippen LogP contribution in [0.3, 0.4) is 0 Å². The van der Waals surface area contributed by atoms with Crippen LogP contribution in [-0.4, -0.2) is 4.98 Å². The maximum Gasteiger partial charge on any atom is 0.134 e. The average Bonchev–Trinajstić information content (AvgIpc) is 2.85. The van der Waals surface area contributed by atoms with Gasteiger partial charge in [0.25, 0.3) is 0 Å². The third-order valence-electron chi connectivity index (χ3n) is 1.80. The molecule has 0 unspecified atom stereocenters. The minimum Gasteiger partial charge on any atom is -0.241 e. The van der Waals surface area contributed by atoms with Crippen LogP contribution in [0.5, 0.6) is 0 Å². The molecule has 0 saturated heterocycles. The van der Waals surface area contributed by atoms with Gasteiger partial charge in [-0.2, -0.15) is 5.26 Å². The van der Waals surface area contributed by atoms with E-state index in [-0.39, 0.29) is 0 Å². The Morgan fingerprint density at radius 3 is 2.93 bits per heavy atom. The second-order valence-electron chi connectivity index (χ2n) is 2.98. The van der Waals surface area contributed by atoms with E-state index in [1.807, 2.05) is 35.9 Å². The van der Waals surface area contributed by atoms with Crippen molar-refractivity contribution in [2.45, 2.75) is 6.92 Å². The molecule has 0 aliphatic heterocycles. The Bertz CT molecular complexity index is 515. The summed E-state index contributed by atoms with van der Waals surface area (Å²) < 4.78 is 0. The molecule has 74 valence electrons. The maximum absolute atomic E-state index is 9.04. The van der Waals surface area contributed by atoms with Gasteiger partial charge in [-0.15, -0.1) is 22.7 Å². The molecule has 0 bridgehead atoms. The zero-order chi connectivity index (χ0) is 10.7.